The summed E-state index contributed by atoms with van der Waals surface area (Å²) >= 11 is 0. The number of hydrogen-bond acceptors (Lipinski definition) is 2. The molecule has 4 nitrogen and oxygen atoms in total. The van der Waals surface area contributed by atoms with E-state index in [-0.39, 0.29) is 0 Å². The maximum Gasteiger partial charge on any atom is 0.328 e. The molecule has 0 aliphatic carbocycles. The summed E-state index contributed by atoms with van der Waals surface area (Å²) in [6.07, 6.45) is 5.79. The second-order valence-electron chi connectivity index (χ2n) is 2.10. The largest absolute Gasteiger partial charge is 0.478 e. The molecule has 0 aliphatic heterocycles. The minimum absolute atomic E-state index is 0.771. The molecule has 0 unspecified atom stereocenters. The van der Waals surface area contributed by atoms with Crippen LogP contribution in [0.2, 0.25) is 0 Å². The van der Waals surface area contributed by atoms with Crippen LogP contribution in [0, 0.1) is 0 Å². The first-order valence-corrected chi connectivity index (χ1v) is 3.07. The summed E-state index contributed by atoms with van der Waals surface area (Å²) in [5.74, 6) is -0.953. The Morgan fingerprint density at radius 2 is 2.55 bits per heavy atom. The van der Waals surface area contributed by atoms with E-state index in [4.69, 9.17) is 5.11 Å². The fourth-order valence-electron chi connectivity index (χ4n) is 0.685. The van der Waals surface area contributed by atoms with Crippen LogP contribution in [0.3, 0.4) is 0 Å². The summed E-state index contributed by atoms with van der Waals surface area (Å²) in [4.78, 5) is 13.9. The van der Waals surface area contributed by atoms with E-state index in [0.29, 0.717) is 0 Å². The molecule has 1 aromatic heterocycles. The van der Waals surface area contributed by atoms with Gasteiger partial charge in [0.1, 0.15) is 0 Å². The van der Waals surface area contributed by atoms with Gasteiger partial charge in [0.05, 0.1) is 18.2 Å². The van der Waals surface area contributed by atoms with Gasteiger partial charge >= 0.3 is 5.97 Å². The molecule has 1 aromatic rings. The van der Waals surface area contributed by atoms with E-state index < -0.39 is 5.97 Å². The van der Waals surface area contributed by atoms with Crippen molar-refractivity contribution in [1.29, 1.82) is 0 Å². The van der Waals surface area contributed by atoms with Gasteiger partial charge in [-0.3, -0.25) is 0 Å². The van der Waals surface area contributed by atoms with Crippen LogP contribution in [0.25, 0.3) is 6.08 Å². The second kappa shape index (κ2) is 3.01. The molecule has 0 spiro atoms. The molecule has 0 atom stereocenters. The van der Waals surface area contributed by atoms with Crippen LogP contribution in [0.1, 0.15) is 5.69 Å². The third-order valence-corrected chi connectivity index (χ3v) is 1.25. The molecule has 0 fully saturated rings. The van der Waals surface area contributed by atoms with Crippen molar-refractivity contribution in [2.24, 2.45) is 7.05 Å². The van der Waals surface area contributed by atoms with E-state index in [1.54, 1.807) is 24.1 Å². The highest BCUT2D eigenvalue weighted by Crippen LogP contribution is 1.97. The first kappa shape index (κ1) is 7.53. The fourth-order valence-corrected chi connectivity index (χ4v) is 0.685. The van der Waals surface area contributed by atoms with Crippen LogP contribution in [-0.4, -0.2) is 20.6 Å². The van der Waals surface area contributed by atoms with Crippen LogP contribution in [0.5, 0.6) is 0 Å². The van der Waals surface area contributed by atoms with Crippen molar-refractivity contribution in [2.45, 2.75) is 0 Å². The molecule has 11 heavy (non-hydrogen) atoms. The van der Waals surface area contributed by atoms with Gasteiger partial charge in [0, 0.05) is 13.1 Å². The summed E-state index contributed by atoms with van der Waals surface area (Å²) in [7, 11) is 1.80. The van der Waals surface area contributed by atoms with E-state index in [9.17, 15) is 4.79 Å². The van der Waals surface area contributed by atoms with Crippen molar-refractivity contribution in [3.8, 4) is 0 Å². The average Bonchev–Trinajstić information content (AvgIpc) is 2.31. The first-order chi connectivity index (χ1) is 5.20. The maximum absolute atomic E-state index is 10.1. The number of carboxylic acid groups (broad SMARTS) is 1. The zero-order valence-electron chi connectivity index (χ0n) is 6.06. The van der Waals surface area contributed by atoms with E-state index >= 15 is 0 Å². The third-order valence-electron chi connectivity index (χ3n) is 1.25. The Morgan fingerprint density at radius 3 is 3.00 bits per heavy atom. The van der Waals surface area contributed by atoms with Crippen molar-refractivity contribution in [3.05, 3.63) is 24.3 Å². The molecule has 0 saturated heterocycles. The number of nitrogens with zero attached hydrogens (tertiary/aromatic N) is 2. The number of carboxylic acids is 1. The summed E-state index contributed by atoms with van der Waals surface area (Å²) in [6, 6.07) is 0. The van der Waals surface area contributed by atoms with Crippen molar-refractivity contribution >= 4 is 12.0 Å². The lowest BCUT2D eigenvalue weighted by atomic mass is 10.4. The van der Waals surface area contributed by atoms with Gasteiger partial charge < -0.3 is 9.67 Å². The summed E-state index contributed by atoms with van der Waals surface area (Å²) in [6.45, 7) is 0. The second-order valence-corrected chi connectivity index (χ2v) is 2.10. The number of rotatable bonds is 2. The molecule has 0 bridgehead atoms. The average molecular weight is 152 g/mol. The molecule has 1 rings (SSSR count). The van der Waals surface area contributed by atoms with Crippen molar-refractivity contribution in [1.82, 2.24) is 9.55 Å². The van der Waals surface area contributed by atoms with Gasteiger partial charge in [-0.1, -0.05) is 0 Å². The highest BCUT2D eigenvalue weighted by Gasteiger charge is 1.92. The van der Waals surface area contributed by atoms with Gasteiger partial charge in [-0.15, -0.1) is 0 Å². The molecule has 0 saturated carbocycles. The minimum Gasteiger partial charge on any atom is -0.478 e. The zero-order valence-corrected chi connectivity index (χ0v) is 6.06. The molecule has 0 amide bonds. The molecule has 58 valence electrons. The van der Waals surface area contributed by atoms with Crippen LogP contribution in [0.4, 0.5) is 0 Å². The van der Waals surface area contributed by atoms with Gasteiger partial charge in [0.25, 0.3) is 0 Å². The summed E-state index contributed by atoms with van der Waals surface area (Å²) in [5, 5.41) is 8.29. The molecule has 0 aromatic carbocycles. The molecular weight excluding hydrogens is 144 g/mol. The highest BCUT2D eigenvalue weighted by atomic mass is 16.4. The lowest BCUT2D eigenvalue weighted by Gasteiger charge is -1.91. The molecule has 1 N–H and O–H groups in total. The van der Waals surface area contributed by atoms with Crippen molar-refractivity contribution in [2.75, 3.05) is 0 Å². The van der Waals surface area contributed by atoms with Gasteiger partial charge in [-0.25, -0.2) is 9.78 Å². The molecule has 4 heteroatoms. The molecule has 0 radical (unpaired) electrons. The lowest BCUT2D eigenvalue weighted by molar-refractivity contribution is -0.131. The Labute approximate surface area is 63.8 Å². The summed E-state index contributed by atoms with van der Waals surface area (Å²) < 4.78 is 1.74. The number of aryl methyl sites for hydroxylation is 1. The summed E-state index contributed by atoms with van der Waals surface area (Å²) in [5.41, 5.74) is 0.771. The number of imidazole rings is 1. The lowest BCUT2D eigenvalue weighted by Crippen LogP contribution is -1.90. The van der Waals surface area contributed by atoms with Crippen molar-refractivity contribution in [3.63, 3.8) is 0 Å². The Kier molecular flexibility index (Phi) is 2.06. The van der Waals surface area contributed by atoms with Crippen LogP contribution in [-0.2, 0) is 11.8 Å². The maximum atomic E-state index is 10.1. The van der Waals surface area contributed by atoms with Gasteiger partial charge in [-0.05, 0) is 6.08 Å². The smallest absolute Gasteiger partial charge is 0.328 e. The number of carbonyl (C=O) groups is 1. The standard InChI is InChI=1S/C7H8N2O2/c1-9-5-8-4-6(9)2-3-7(10)11/h2-5H,1H3,(H,10,11)/b3-2+. The van der Waals surface area contributed by atoms with Gasteiger partial charge in [-0.2, -0.15) is 0 Å². The number of aromatic nitrogens is 2. The van der Waals surface area contributed by atoms with E-state index in [1.807, 2.05) is 0 Å². The molecule has 0 aliphatic rings. The Hall–Kier alpha value is -1.58. The third kappa shape index (κ3) is 1.93. The molecular formula is C7H8N2O2. The van der Waals surface area contributed by atoms with E-state index in [2.05, 4.69) is 4.98 Å². The van der Waals surface area contributed by atoms with Gasteiger partial charge in [0.2, 0.25) is 0 Å². The van der Waals surface area contributed by atoms with Crippen LogP contribution < -0.4 is 0 Å². The highest BCUT2D eigenvalue weighted by molar-refractivity contribution is 5.84. The fraction of sp³-hybridized carbons (Fsp3) is 0.143. The Morgan fingerprint density at radius 1 is 1.82 bits per heavy atom. The van der Waals surface area contributed by atoms with Crippen LogP contribution in [0.15, 0.2) is 18.6 Å². The predicted octanol–water partition coefficient (Wildman–Crippen LogP) is 0.518. The van der Waals surface area contributed by atoms with Crippen molar-refractivity contribution < 1.29 is 9.90 Å². The topological polar surface area (TPSA) is 55.1 Å². The monoisotopic (exact) mass is 152 g/mol. The first-order valence-electron chi connectivity index (χ1n) is 3.07. The zero-order chi connectivity index (χ0) is 8.27. The van der Waals surface area contributed by atoms with Gasteiger partial charge in [0.15, 0.2) is 0 Å². The Balaban J connectivity index is 2.79. The van der Waals surface area contributed by atoms with Crippen LogP contribution >= 0.6 is 0 Å². The number of aliphatic carboxylic acids is 1. The van der Waals surface area contributed by atoms with E-state index in [1.165, 1.54) is 6.08 Å². The predicted molar refractivity (Wildman–Crippen MR) is 39.9 cm³/mol. The quantitative estimate of drug-likeness (QED) is 0.628. The van der Waals surface area contributed by atoms with E-state index in [0.717, 1.165) is 11.8 Å². The normalized spacial score (nSPS) is 10.6. The SMILES string of the molecule is Cn1cncc1/C=C/C(=O)O. The number of hydrogen-bond donors (Lipinski definition) is 1. The molecule has 1 heterocycles. The Bertz CT molecular complexity index is 288. The minimum atomic E-state index is -0.953.